The van der Waals surface area contributed by atoms with Crippen molar-refractivity contribution in [3.05, 3.63) is 41.7 Å². The molecule has 1 fully saturated rings. The molecule has 2 aromatic heterocycles. The van der Waals surface area contributed by atoms with Gasteiger partial charge in [0.05, 0.1) is 25.0 Å². The molecule has 0 radical (unpaired) electrons. The highest BCUT2D eigenvalue weighted by Crippen LogP contribution is 2.30. The van der Waals surface area contributed by atoms with Gasteiger partial charge in [0.1, 0.15) is 24.0 Å². The summed E-state index contributed by atoms with van der Waals surface area (Å²) in [6.07, 6.45) is 6.79. The van der Waals surface area contributed by atoms with Crippen LogP contribution in [0.4, 0.5) is 10.3 Å². The van der Waals surface area contributed by atoms with Crippen molar-refractivity contribution < 1.29 is 13.9 Å². The fourth-order valence-electron chi connectivity index (χ4n) is 3.81. The quantitative estimate of drug-likeness (QED) is 0.765. The number of fused-ring (bicyclic) bond motifs is 1. The van der Waals surface area contributed by atoms with Gasteiger partial charge in [-0.2, -0.15) is 5.26 Å². The van der Waals surface area contributed by atoms with Crippen LogP contribution in [0.1, 0.15) is 30.9 Å². The van der Waals surface area contributed by atoms with E-state index in [1.54, 1.807) is 6.20 Å². The van der Waals surface area contributed by atoms with E-state index in [9.17, 15) is 14.4 Å². The lowest BCUT2D eigenvalue weighted by atomic mass is 9.94. The molecule has 0 spiro atoms. The summed E-state index contributed by atoms with van der Waals surface area (Å²) in [7, 11) is 0. The maximum Gasteiger partial charge on any atom is 0.226 e. The molecule has 150 valence electrons. The molecule has 4 rings (SSSR count). The predicted octanol–water partition coefficient (Wildman–Crippen LogP) is 1.91. The van der Waals surface area contributed by atoms with Crippen molar-refractivity contribution in [2.45, 2.75) is 32.4 Å². The second-order valence-corrected chi connectivity index (χ2v) is 7.38. The molecule has 0 bridgehead atoms. The van der Waals surface area contributed by atoms with Gasteiger partial charge in [0, 0.05) is 37.0 Å². The average Bonchev–Trinajstić information content (AvgIpc) is 2.93. The van der Waals surface area contributed by atoms with Crippen LogP contribution in [0.2, 0.25) is 0 Å². The van der Waals surface area contributed by atoms with Crippen LogP contribution < -0.4 is 9.64 Å². The van der Waals surface area contributed by atoms with E-state index in [1.807, 2.05) is 16.7 Å². The van der Waals surface area contributed by atoms with Crippen LogP contribution in [0.5, 0.6) is 5.75 Å². The van der Waals surface area contributed by atoms with Crippen LogP contribution >= 0.6 is 0 Å². The van der Waals surface area contributed by atoms with Crippen LogP contribution in [-0.2, 0) is 11.3 Å². The first-order valence-corrected chi connectivity index (χ1v) is 9.59. The molecule has 0 unspecified atom stereocenters. The summed E-state index contributed by atoms with van der Waals surface area (Å²) in [6.45, 7) is 3.93. The van der Waals surface area contributed by atoms with Crippen LogP contribution in [0, 0.1) is 23.1 Å². The van der Waals surface area contributed by atoms with E-state index in [2.05, 4.69) is 21.0 Å². The number of carbonyl (C=O) groups excluding carboxylic acids is 1. The Morgan fingerprint density at radius 2 is 1.97 bits per heavy atom. The van der Waals surface area contributed by atoms with E-state index in [0.717, 1.165) is 18.0 Å². The number of nitriles is 1. The number of carbonyl (C=O) groups is 1. The van der Waals surface area contributed by atoms with Crippen LogP contribution in [0.15, 0.2) is 24.8 Å². The Kier molecular flexibility index (Phi) is 5.25. The number of piperidine rings is 1. The topological polar surface area (TPSA) is 95.2 Å². The third kappa shape index (κ3) is 3.83. The number of anilines is 1. The zero-order valence-electron chi connectivity index (χ0n) is 16.1. The van der Waals surface area contributed by atoms with Gasteiger partial charge in [-0.25, -0.2) is 14.4 Å². The normalized spacial score (nSPS) is 19.7. The van der Waals surface area contributed by atoms with Gasteiger partial charge in [0.15, 0.2) is 5.82 Å². The fourth-order valence-corrected chi connectivity index (χ4v) is 3.81. The molecule has 0 aromatic carbocycles. The van der Waals surface area contributed by atoms with E-state index in [-0.39, 0.29) is 17.9 Å². The highest BCUT2D eigenvalue weighted by atomic mass is 19.1. The Bertz CT molecular complexity index is 937. The number of hydrogen-bond donors (Lipinski definition) is 0. The third-order valence-electron chi connectivity index (χ3n) is 5.45. The Morgan fingerprint density at radius 3 is 2.66 bits per heavy atom. The Labute approximate surface area is 168 Å². The molecule has 1 amide bonds. The highest BCUT2D eigenvalue weighted by molar-refractivity contribution is 5.79. The van der Waals surface area contributed by atoms with Gasteiger partial charge >= 0.3 is 0 Å². The van der Waals surface area contributed by atoms with E-state index in [0.29, 0.717) is 56.3 Å². The summed E-state index contributed by atoms with van der Waals surface area (Å²) >= 11 is 0. The minimum Gasteiger partial charge on any atom is -0.490 e. The minimum absolute atomic E-state index is 0.0796. The van der Waals surface area contributed by atoms with Crippen molar-refractivity contribution in [2.75, 3.05) is 24.6 Å². The van der Waals surface area contributed by atoms with Crippen molar-refractivity contribution in [3.63, 3.8) is 0 Å². The second-order valence-electron chi connectivity index (χ2n) is 7.38. The molecule has 4 heterocycles. The summed E-state index contributed by atoms with van der Waals surface area (Å²) in [4.78, 5) is 29.2. The number of nitrogens with zero attached hydrogens (tertiary/aromatic N) is 6. The summed E-state index contributed by atoms with van der Waals surface area (Å²) in [5.41, 5.74) is 1.13. The van der Waals surface area contributed by atoms with Crippen LogP contribution in [-0.4, -0.2) is 51.5 Å². The predicted molar refractivity (Wildman–Crippen MR) is 101 cm³/mol. The minimum atomic E-state index is -0.467. The Balaban J connectivity index is 1.45. The Hall–Kier alpha value is -3.28. The van der Waals surface area contributed by atoms with Gasteiger partial charge in [-0.15, -0.1) is 0 Å². The second kappa shape index (κ2) is 7.99. The van der Waals surface area contributed by atoms with E-state index in [4.69, 9.17) is 4.74 Å². The average molecular weight is 396 g/mol. The molecule has 29 heavy (non-hydrogen) atoms. The molecule has 1 atom stereocenters. The first-order valence-electron chi connectivity index (χ1n) is 9.59. The lowest BCUT2D eigenvalue weighted by molar-refractivity contribution is -0.139. The first-order chi connectivity index (χ1) is 14.1. The molecule has 0 N–H and O–H groups in total. The molecule has 0 saturated carbocycles. The summed E-state index contributed by atoms with van der Waals surface area (Å²) < 4.78 is 18.8. The summed E-state index contributed by atoms with van der Waals surface area (Å²) in [5.74, 6) is 0.509. The van der Waals surface area contributed by atoms with Crippen molar-refractivity contribution in [2.24, 2.45) is 5.92 Å². The molecule has 1 saturated heterocycles. The number of pyridine rings is 1. The van der Waals surface area contributed by atoms with Gasteiger partial charge in [-0.05, 0) is 19.8 Å². The van der Waals surface area contributed by atoms with Crippen LogP contribution in [0.25, 0.3) is 0 Å². The molecule has 9 heteroatoms. The fraction of sp³-hybridized carbons (Fsp3) is 0.450. The molecule has 2 aromatic rings. The van der Waals surface area contributed by atoms with Gasteiger partial charge in [0.25, 0.3) is 0 Å². The largest absolute Gasteiger partial charge is 0.490 e. The van der Waals surface area contributed by atoms with Gasteiger partial charge in [-0.3, -0.25) is 9.78 Å². The van der Waals surface area contributed by atoms with E-state index in [1.165, 1.54) is 6.20 Å². The zero-order valence-corrected chi connectivity index (χ0v) is 16.1. The van der Waals surface area contributed by atoms with Crippen molar-refractivity contribution in [1.82, 2.24) is 19.9 Å². The molecular formula is C20H21FN6O2. The number of hydrogen-bond acceptors (Lipinski definition) is 7. The molecule has 2 aliphatic rings. The molecule has 8 nitrogen and oxygen atoms in total. The standard InChI is InChI=1S/C20H21FN6O2/c1-13-12-29-18-15(6-22)7-23-8-16(18)11-27(13)19(28)14-2-4-26(5-3-14)20-24-9-17(21)10-25-20/h7-10,13-14H,2-5,11-12H2,1H3/t13-/m1/s1. The van der Waals surface area contributed by atoms with Gasteiger partial charge < -0.3 is 14.5 Å². The van der Waals surface area contributed by atoms with Crippen LogP contribution in [0.3, 0.4) is 0 Å². The number of amides is 1. The summed E-state index contributed by atoms with van der Waals surface area (Å²) in [5, 5.41) is 9.28. The number of aromatic nitrogens is 3. The SMILES string of the molecule is C[C@@H]1COc2c(C#N)cncc2CN1C(=O)C1CCN(c2ncc(F)cn2)CC1. The van der Waals surface area contributed by atoms with Gasteiger partial charge in [0.2, 0.25) is 11.9 Å². The monoisotopic (exact) mass is 396 g/mol. The maximum atomic E-state index is 13.3. The molecular weight excluding hydrogens is 375 g/mol. The van der Waals surface area contributed by atoms with Crippen molar-refractivity contribution >= 4 is 11.9 Å². The lowest BCUT2D eigenvalue weighted by Crippen LogP contribution is -2.46. The smallest absolute Gasteiger partial charge is 0.226 e. The van der Waals surface area contributed by atoms with E-state index < -0.39 is 5.82 Å². The van der Waals surface area contributed by atoms with Gasteiger partial charge in [-0.1, -0.05) is 0 Å². The maximum absolute atomic E-state index is 13.3. The number of rotatable bonds is 2. The van der Waals surface area contributed by atoms with Crippen molar-refractivity contribution in [3.8, 4) is 11.8 Å². The first kappa shape index (κ1) is 19.1. The number of halogens is 1. The zero-order chi connectivity index (χ0) is 20.4. The van der Waals surface area contributed by atoms with Crippen molar-refractivity contribution in [1.29, 1.82) is 5.26 Å². The third-order valence-corrected chi connectivity index (χ3v) is 5.45. The highest BCUT2D eigenvalue weighted by Gasteiger charge is 2.34. The van der Waals surface area contributed by atoms with E-state index >= 15 is 0 Å². The Morgan fingerprint density at radius 1 is 1.24 bits per heavy atom. The molecule has 2 aliphatic heterocycles. The molecule has 0 aliphatic carbocycles. The lowest BCUT2D eigenvalue weighted by Gasteiger charge is -2.35. The number of ether oxygens (including phenoxy) is 1. The summed E-state index contributed by atoms with van der Waals surface area (Å²) in [6, 6.07) is 1.99.